The number of rotatable bonds is 2. The smallest absolute Gasteiger partial charge is 0.0543 e. The summed E-state index contributed by atoms with van der Waals surface area (Å²) >= 11 is 0. The van der Waals surface area contributed by atoms with Gasteiger partial charge in [0.25, 0.3) is 0 Å². The van der Waals surface area contributed by atoms with Crippen LogP contribution in [0.5, 0.6) is 0 Å². The highest BCUT2D eigenvalue weighted by molar-refractivity contribution is 4.77. The van der Waals surface area contributed by atoms with E-state index < -0.39 is 0 Å². The maximum atomic E-state index is 9.24. The lowest BCUT2D eigenvalue weighted by Gasteiger charge is -2.15. The van der Waals surface area contributed by atoms with Crippen molar-refractivity contribution in [2.45, 2.75) is 45.6 Å². The quantitative estimate of drug-likeness (QED) is 0.626. The van der Waals surface area contributed by atoms with Crippen LogP contribution in [0.4, 0.5) is 0 Å². The zero-order chi connectivity index (χ0) is 7.56. The molecule has 0 saturated heterocycles. The van der Waals surface area contributed by atoms with Gasteiger partial charge in [-0.3, -0.25) is 0 Å². The number of hydrogen-bond acceptors (Lipinski definition) is 1. The molecule has 0 aromatic heterocycles. The van der Waals surface area contributed by atoms with Gasteiger partial charge >= 0.3 is 0 Å². The van der Waals surface area contributed by atoms with E-state index in [1.807, 2.05) is 0 Å². The van der Waals surface area contributed by atoms with Crippen molar-refractivity contribution in [1.82, 2.24) is 0 Å². The zero-order valence-corrected chi connectivity index (χ0v) is 7.01. The Morgan fingerprint density at radius 2 is 2.20 bits per heavy atom. The second-order valence-electron chi connectivity index (χ2n) is 3.61. The maximum absolute atomic E-state index is 9.24. The Morgan fingerprint density at radius 1 is 1.50 bits per heavy atom. The van der Waals surface area contributed by atoms with Crippen molar-refractivity contribution in [3.8, 4) is 0 Å². The molecule has 0 aromatic carbocycles. The molecule has 1 N–H and O–H groups in total. The third kappa shape index (κ3) is 1.72. The molecule has 10 heavy (non-hydrogen) atoms. The van der Waals surface area contributed by atoms with E-state index in [-0.39, 0.29) is 6.10 Å². The van der Waals surface area contributed by atoms with Crippen LogP contribution in [0.15, 0.2) is 0 Å². The molecule has 1 aliphatic carbocycles. The van der Waals surface area contributed by atoms with E-state index in [0.717, 1.165) is 24.7 Å². The van der Waals surface area contributed by atoms with Crippen molar-refractivity contribution in [2.75, 3.05) is 0 Å². The molecule has 1 aliphatic rings. The Morgan fingerprint density at radius 3 is 2.60 bits per heavy atom. The monoisotopic (exact) mass is 142 g/mol. The topological polar surface area (TPSA) is 20.2 Å². The Hall–Kier alpha value is -0.0400. The lowest BCUT2D eigenvalue weighted by Crippen LogP contribution is -2.08. The molecule has 2 unspecified atom stereocenters. The predicted octanol–water partition coefficient (Wildman–Crippen LogP) is 2.19. The van der Waals surface area contributed by atoms with Gasteiger partial charge in [-0.2, -0.15) is 0 Å². The Bertz CT molecular complexity index is 101. The molecule has 1 fully saturated rings. The molecular weight excluding hydrogens is 124 g/mol. The highest BCUT2D eigenvalue weighted by Gasteiger charge is 2.25. The van der Waals surface area contributed by atoms with E-state index in [2.05, 4.69) is 13.8 Å². The highest BCUT2D eigenvalue weighted by atomic mass is 16.3. The first kappa shape index (κ1) is 8.06. The molecule has 0 aromatic rings. The van der Waals surface area contributed by atoms with Crippen molar-refractivity contribution in [3.63, 3.8) is 0 Å². The Labute approximate surface area is 63.4 Å². The first-order chi connectivity index (χ1) is 4.74. The van der Waals surface area contributed by atoms with Gasteiger partial charge in [-0.15, -0.1) is 0 Å². The SMILES string of the molecule is CC[C@@H](C)C1CCC(O)C1. The third-order valence-corrected chi connectivity index (χ3v) is 2.89. The first-order valence-electron chi connectivity index (χ1n) is 4.42. The first-order valence-corrected chi connectivity index (χ1v) is 4.42. The van der Waals surface area contributed by atoms with E-state index in [9.17, 15) is 5.11 Å². The second kappa shape index (κ2) is 3.38. The molecule has 0 bridgehead atoms. The molecule has 60 valence electrons. The fourth-order valence-corrected chi connectivity index (χ4v) is 1.84. The minimum atomic E-state index is 0.0130. The number of aliphatic hydroxyl groups excluding tert-OH is 1. The van der Waals surface area contributed by atoms with Crippen LogP contribution in [-0.2, 0) is 0 Å². The summed E-state index contributed by atoms with van der Waals surface area (Å²) in [6, 6.07) is 0. The van der Waals surface area contributed by atoms with E-state index >= 15 is 0 Å². The zero-order valence-electron chi connectivity index (χ0n) is 7.01. The van der Waals surface area contributed by atoms with Crippen LogP contribution in [-0.4, -0.2) is 11.2 Å². The highest BCUT2D eigenvalue weighted by Crippen LogP contribution is 2.32. The van der Waals surface area contributed by atoms with Gasteiger partial charge in [0, 0.05) is 0 Å². The molecule has 0 aliphatic heterocycles. The van der Waals surface area contributed by atoms with E-state index in [4.69, 9.17) is 0 Å². The molecule has 1 saturated carbocycles. The van der Waals surface area contributed by atoms with E-state index in [1.54, 1.807) is 0 Å². The summed E-state index contributed by atoms with van der Waals surface area (Å²) in [4.78, 5) is 0. The van der Waals surface area contributed by atoms with Crippen LogP contribution in [0, 0.1) is 11.8 Å². The summed E-state index contributed by atoms with van der Waals surface area (Å²) in [7, 11) is 0. The molecule has 0 heterocycles. The molecule has 0 spiro atoms. The minimum Gasteiger partial charge on any atom is -0.393 e. The fourth-order valence-electron chi connectivity index (χ4n) is 1.84. The average Bonchev–Trinajstić information content (AvgIpc) is 2.34. The van der Waals surface area contributed by atoms with Crippen LogP contribution < -0.4 is 0 Å². The molecule has 1 heteroatoms. The van der Waals surface area contributed by atoms with Crippen molar-refractivity contribution in [2.24, 2.45) is 11.8 Å². The van der Waals surface area contributed by atoms with Crippen LogP contribution in [0.2, 0.25) is 0 Å². The molecule has 3 atom stereocenters. The van der Waals surface area contributed by atoms with Gasteiger partial charge in [-0.1, -0.05) is 20.3 Å². The normalized spacial score (nSPS) is 36.3. The summed E-state index contributed by atoms with van der Waals surface area (Å²) in [6.45, 7) is 4.53. The second-order valence-corrected chi connectivity index (χ2v) is 3.61. The summed E-state index contributed by atoms with van der Waals surface area (Å²) in [5.74, 6) is 1.62. The minimum absolute atomic E-state index is 0.0130. The van der Waals surface area contributed by atoms with Gasteiger partial charge in [0.1, 0.15) is 0 Å². The third-order valence-electron chi connectivity index (χ3n) is 2.89. The average molecular weight is 142 g/mol. The van der Waals surface area contributed by atoms with E-state index in [0.29, 0.717) is 0 Å². The number of hydrogen-bond donors (Lipinski definition) is 1. The van der Waals surface area contributed by atoms with Gasteiger partial charge in [0.15, 0.2) is 0 Å². The Balaban J connectivity index is 2.29. The van der Waals surface area contributed by atoms with Crippen molar-refractivity contribution < 1.29 is 5.11 Å². The van der Waals surface area contributed by atoms with Gasteiger partial charge in [0.2, 0.25) is 0 Å². The largest absolute Gasteiger partial charge is 0.393 e. The summed E-state index contributed by atoms with van der Waals surface area (Å²) < 4.78 is 0. The van der Waals surface area contributed by atoms with Gasteiger partial charge in [-0.05, 0) is 31.1 Å². The lowest BCUT2D eigenvalue weighted by molar-refractivity contribution is 0.171. The van der Waals surface area contributed by atoms with Gasteiger partial charge < -0.3 is 5.11 Å². The molecular formula is C9H18O. The summed E-state index contributed by atoms with van der Waals surface area (Å²) in [6.07, 6.45) is 4.61. The maximum Gasteiger partial charge on any atom is 0.0543 e. The molecule has 1 nitrogen and oxygen atoms in total. The van der Waals surface area contributed by atoms with Gasteiger partial charge in [-0.25, -0.2) is 0 Å². The van der Waals surface area contributed by atoms with Crippen LogP contribution >= 0.6 is 0 Å². The molecule has 0 radical (unpaired) electrons. The van der Waals surface area contributed by atoms with Crippen LogP contribution in [0.3, 0.4) is 0 Å². The van der Waals surface area contributed by atoms with Gasteiger partial charge in [0.05, 0.1) is 6.10 Å². The number of aliphatic hydroxyl groups is 1. The van der Waals surface area contributed by atoms with Crippen LogP contribution in [0.1, 0.15) is 39.5 Å². The van der Waals surface area contributed by atoms with Crippen LogP contribution in [0.25, 0.3) is 0 Å². The lowest BCUT2D eigenvalue weighted by atomic mass is 9.91. The fraction of sp³-hybridized carbons (Fsp3) is 1.00. The van der Waals surface area contributed by atoms with Crippen molar-refractivity contribution in [1.29, 1.82) is 0 Å². The predicted molar refractivity (Wildman–Crippen MR) is 42.8 cm³/mol. The van der Waals surface area contributed by atoms with Crippen molar-refractivity contribution in [3.05, 3.63) is 0 Å². The van der Waals surface area contributed by atoms with E-state index in [1.165, 1.54) is 12.8 Å². The van der Waals surface area contributed by atoms with Crippen molar-refractivity contribution >= 4 is 0 Å². The molecule has 0 amide bonds. The summed E-state index contributed by atoms with van der Waals surface area (Å²) in [5, 5.41) is 9.24. The molecule has 1 rings (SSSR count). The summed E-state index contributed by atoms with van der Waals surface area (Å²) in [5.41, 5.74) is 0. The Kier molecular flexibility index (Phi) is 2.72. The standard InChI is InChI=1S/C9H18O/c1-3-7(2)8-4-5-9(10)6-8/h7-10H,3-6H2,1-2H3/t7-,8?,9?/m1/s1.